The summed E-state index contributed by atoms with van der Waals surface area (Å²) >= 11 is 6.00. The lowest BCUT2D eigenvalue weighted by Crippen LogP contribution is -1.74. The summed E-state index contributed by atoms with van der Waals surface area (Å²) in [6.07, 6.45) is 2.02. The molecule has 0 fully saturated rings. The lowest BCUT2D eigenvalue weighted by Gasteiger charge is -1.99. The van der Waals surface area contributed by atoms with Gasteiger partial charge in [0, 0.05) is 27.7 Å². The Bertz CT molecular complexity index is 640. The Balaban J connectivity index is 2.26. The van der Waals surface area contributed by atoms with E-state index in [2.05, 4.69) is 23.2 Å². The van der Waals surface area contributed by atoms with Crippen LogP contribution >= 0.6 is 11.6 Å². The second-order valence-corrected chi connectivity index (χ2v) is 4.19. The molecule has 78 valence electrons. The fraction of sp³-hybridized carbons (Fsp3) is 0. The molecule has 0 radical (unpaired) electrons. The van der Waals surface area contributed by atoms with Gasteiger partial charge in [0.15, 0.2) is 0 Å². The summed E-state index contributed by atoms with van der Waals surface area (Å²) in [5, 5.41) is 1.99. The van der Waals surface area contributed by atoms with Crippen molar-refractivity contribution in [1.82, 2.24) is 4.98 Å². The number of hydrogen-bond acceptors (Lipinski definition) is 0. The molecule has 0 bridgehead atoms. The van der Waals surface area contributed by atoms with Crippen LogP contribution < -0.4 is 0 Å². The minimum atomic E-state index is 0.766. The van der Waals surface area contributed by atoms with Crippen LogP contribution in [0.5, 0.6) is 0 Å². The fourth-order valence-electron chi connectivity index (χ4n) is 1.97. The highest BCUT2D eigenvalue weighted by atomic mass is 35.5. The van der Waals surface area contributed by atoms with Crippen molar-refractivity contribution in [2.45, 2.75) is 0 Å². The van der Waals surface area contributed by atoms with Crippen LogP contribution in [0.2, 0.25) is 5.02 Å². The predicted molar refractivity (Wildman–Crippen MR) is 68.7 cm³/mol. The van der Waals surface area contributed by atoms with E-state index in [1.54, 1.807) is 0 Å². The third kappa shape index (κ3) is 1.50. The first-order valence-corrected chi connectivity index (χ1v) is 5.54. The van der Waals surface area contributed by atoms with E-state index in [4.69, 9.17) is 11.6 Å². The van der Waals surface area contributed by atoms with Gasteiger partial charge in [-0.1, -0.05) is 41.9 Å². The van der Waals surface area contributed by atoms with Crippen LogP contribution in [0.15, 0.2) is 54.7 Å². The van der Waals surface area contributed by atoms with Gasteiger partial charge in [0.05, 0.1) is 0 Å². The number of halogens is 1. The lowest BCUT2D eigenvalue weighted by molar-refractivity contribution is 1.47. The third-order valence-corrected chi connectivity index (χ3v) is 2.96. The van der Waals surface area contributed by atoms with Gasteiger partial charge in [-0.15, -0.1) is 0 Å². The second kappa shape index (κ2) is 3.69. The van der Waals surface area contributed by atoms with E-state index < -0.39 is 0 Å². The van der Waals surface area contributed by atoms with Crippen molar-refractivity contribution >= 4 is 22.5 Å². The zero-order valence-electron chi connectivity index (χ0n) is 8.57. The number of para-hydroxylation sites is 1. The Morgan fingerprint density at radius 2 is 1.81 bits per heavy atom. The third-order valence-electron chi connectivity index (χ3n) is 2.72. The van der Waals surface area contributed by atoms with Crippen LogP contribution in [0.4, 0.5) is 0 Å². The Kier molecular flexibility index (Phi) is 2.19. The quantitative estimate of drug-likeness (QED) is 0.631. The van der Waals surface area contributed by atoms with Crippen molar-refractivity contribution < 1.29 is 0 Å². The average molecular weight is 228 g/mol. The Morgan fingerprint density at radius 3 is 2.69 bits per heavy atom. The molecule has 1 nitrogen and oxygen atoms in total. The summed E-state index contributed by atoms with van der Waals surface area (Å²) in [5.41, 5.74) is 3.49. The summed E-state index contributed by atoms with van der Waals surface area (Å²) in [5.74, 6) is 0. The van der Waals surface area contributed by atoms with Crippen molar-refractivity contribution in [2.75, 3.05) is 0 Å². The lowest BCUT2D eigenvalue weighted by atomic mass is 10.1. The minimum absolute atomic E-state index is 0.766. The van der Waals surface area contributed by atoms with Gasteiger partial charge in [0.1, 0.15) is 0 Å². The number of rotatable bonds is 1. The number of aromatic amines is 1. The van der Waals surface area contributed by atoms with Crippen LogP contribution in [0.25, 0.3) is 22.0 Å². The first kappa shape index (κ1) is 9.49. The van der Waals surface area contributed by atoms with E-state index in [9.17, 15) is 0 Å². The second-order valence-electron chi connectivity index (χ2n) is 3.76. The van der Waals surface area contributed by atoms with E-state index in [-0.39, 0.29) is 0 Å². The van der Waals surface area contributed by atoms with E-state index in [0.29, 0.717) is 0 Å². The topological polar surface area (TPSA) is 15.8 Å². The normalized spacial score (nSPS) is 10.8. The number of benzene rings is 2. The number of H-pyrrole nitrogens is 1. The van der Waals surface area contributed by atoms with Crippen molar-refractivity contribution in [1.29, 1.82) is 0 Å². The van der Waals surface area contributed by atoms with E-state index in [1.165, 1.54) is 10.9 Å². The average Bonchev–Trinajstić information content (AvgIpc) is 2.72. The predicted octanol–water partition coefficient (Wildman–Crippen LogP) is 4.49. The molecule has 0 amide bonds. The van der Waals surface area contributed by atoms with E-state index in [0.717, 1.165) is 16.1 Å². The molecule has 0 saturated carbocycles. The maximum absolute atomic E-state index is 6.00. The van der Waals surface area contributed by atoms with Gasteiger partial charge in [0.2, 0.25) is 0 Å². The highest BCUT2D eigenvalue weighted by Gasteiger charge is 2.05. The molecule has 0 aliphatic carbocycles. The summed E-state index contributed by atoms with van der Waals surface area (Å²) in [6, 6.07) is 16.2. The van der Waals surface area contributed by atoms with Gasteiger partial charge >= 0.3 is 0 Å². The van der Waals surface area contributed by atoms with E-state index >= 15 is 0 Å². The monoisotopic (exact) mass is 227 g/mol. The largest absolute Gasteiger partial charge is 0.361 e. The molecule has 0 saturated heterocycles. The molecule has 0 atom stereocenters. The maximum atomic E-state index is 6.00. The molecular weight excluding hydrogens is 218 g/mol. The molecule has 0 aliphatic rings. The Hall–Kier alpha value is -1.73. The molecule has 16 heavy (non-hydrogen) atoms. The number of nitrogens with one attached hydrogen (secondary N) is 1. The maximum Gasteiger partial charge on any atom is 0.0460 e. The highest BCUT2D eigenvalue weighted by Crippen LogP contribution is 2.29. The summed E-state index contributed by atoms with van der Waals surface area (Å²) in [4.78, 5) is 3.26. The SMILES string of the molecule is Clc1cccc(-c2c[nH]c3ccccc23)c1. The van der Waals surface area contributed by atoms with Crippen LogP contribution in [-0.2, 0) is 0 Å². The van der Waals surface area contributed by atoms with Crippen molar-refractivity contribution in [3.05, 3.63) is 59.8 Å². The van der Waals surface area contributed by atoms with Gasteiger partial charge in [-0.3, -0.25) is 0 Å². The molecule has 1 heterocycles. The molecule has 3 rings (SSSR count). The van der Waals surface area contributed by atoms with Gasteiger partial charge < -0.3 is 4.98 Å². The van der Waals surface area contributed by atoms with Crippen LogP contribution in [0, 0.1) is 0 Å². The van der Waals surface area contributed by atoms with Crippen molar-refractivity contribution in [3.63, 3.8) is 0 Å². The Labute approximate surface area is 98.7 Å². The number of hydrogen-bond donors (Lipinski definition) is 1. The highest BCUT2D eigenvalue weighted by molar-refractivity contribution is 6.30. The van der Waals surface area contributed by atoms with Gasteiger partial charge in [0.25, 0.3) is 0 Å². The first-order chi connectivity index (χ1) is 7.84. The smallest absolute Gasteiger partial charge is 0.0460 e. The summed E-state index contributed by atoms with van der Waals surface area (Å²) in [7, 11) is 0. The van der Waals surface area contributed by atoms with Gasteiger partial charge in [-0.2, -0.15) is 0 Å². The zero-order chi connectivity index (χ0) is 11.0. The molecule has 0 aliphatic heterocycles. The summed E-state index contributed by atoms with van der Waals surface area (Å²) < 4.78 is 0. The molecule has 0 spiro atoms. The molecule has 1 N–H and O–H groups in total. The van der Waals surface area contributed by atoms with Gasteiger partial charge in [-0.25, -0.2) is 0 Å². The Morgan fingerprint density at radius 1 is 0.938 bits per heavy atom. The molecule has 2 aromatic carbocycles. The summed E-state index contributed by atoms with van der Waals surface area (Å²) in [6.45, 7) is 0. The molecule has 3 aromatic rings. The standard InChI is InChI=1S/C14H10ClN/c15-11-5-3-4-10(8-11)13-9-16-14-7-2-1-6-12(13)14/h1-9,16H. The van der Waals surface area contributed by atoms with Crippen LogP contribution in [0.3, 0.4) is 0 Å². The fourth-order valence-corrected chi connectivity index (χ4v) is 2.16. The molecule has 1 aromatic heterocycles. The first-order valence-electron chi connectivity index (χ1n) is 5.17. The molecular formula is C14H10ClN. The van der Waals surface area contributed by atoms with Crippen LogP contribution in [0.1, 0.15) is 0 Å². The zero-order valence-corrected chi connectivity index (χ0v) is 9.33. The van der Waals surface area contributed by atoms with Crippen LogP contribution in [-0.4, -0.2) is 4.98 Å². The van der Waals surface area contributed by atoms with Crippen molar-refractivity contribution in [2.24, 2.45) is 0 Å². The molecule has 2 heteroatoms. The van der Waals surface area contributed by atoms with E-state index in [1.807, 2.05) is 36.5 Å². The van der Waals surface area contributed by atoms with Crippen molar-refractivity contribution in [3.8, 4) is 11.1 Å². The minimum Gasteiger partial charge on any atom is -0.361 e. The van der Waals surface area contributed by atoms with Gasteiger partial charge in [-0.05, 0) is 23.8 Å². The number of aromatic nitrogens is 1. The number of fused-ring (bicyclic) bond motifs is 1. The molecule has 0 unspecified atom stereocenters.